The Morgan fingerprint density at radius 2 is 2.26 bits per heavy atom. The molecular formula is C10H16BrN3O5. The van der Waals surface area contributed by atoms with Crippen LogP contribution in [0.2, 0.25) is 0 Å². The van der Waals surface area contributed by atoms with Gasteiger partial charge in [-0.3, -0.25) is 15.6 Å². The molecular weight excluding hydrogens is 322 g/mol. The standard InChI is InChI=1S/C10H16BrN3O5/c1-10(11)7(12)13-9(18)14(8(10)17)6-2-4(16)5(3-15)19-6/h4-6,8,15-17H,2-3H2,1H3,(H2,12,13,18)/t4-,5+,6+,8-,10+/m0/s1. The molecule has 0 aliphatic carbocycles. The number of aliphatic hydroxyl groups excluding tert-OH is 3. The second kappa shape index (κ2) is 4.98. The van der Waals surface area contributed by atoms with Crippen LogP contribution < -0.4 is 5.32 Å². The van der Waals surface area contributed by atoms with Gasteiger partial charge in [0.25, 0.3) is 0 Å². The zero-order chi connectivity index (χ0) is 14.4. The molecule has 5 N–H and O–H groups in total. The summed E-state index contributed by atoms with van der Waals surface area (Å²) in [4.78, 5) is 12.9. The van der Waals surface area contributed by atoms with Crippen molar-refractivity contribution in [2.45, 2.75) is 42.3 Å². The molecule has 2 saturated heterocycles. The highest BCUT2D eigenvalue weighted by Crippen LogP contribution is 2.33. The third-order valence-corrected chi connectivity index (χ3v) is 4.20. The molecule has 2 aliphatic heterocycles. The normalized spacial score (nSPS) is 43.5. The molecule has 108 valence electrons. The van der Waals surface area contributed by atoms with Crippen LogP contribution in [0.1, 0.15) is 13.3 Å². The first-order valence-corrected chi connectivity index (χ1v) is 6.58. The number of urea groups is 1. The maximum atomic E-state index is 11.9. The molecule has 0 radical (unpaired) electrons. The predicted molar refractivity (Wildman–Crippen MR) is 67.8 cm³/mol. The zero-order valence-electron chi connectivity index (χ0n) is 10.2. The third kappa shape index (κ3) is 2.36. The van der Waals surface area contributed by atoms with Crippen LogP contribution in [0, 0.1) is 5.41 Å². The van der Waals surface area contributed by atoms with Gasteiger partial charge < -0.3 is 20.1 Å². The Kier molecular flexibility index (Phi) is 3.85. The highest BCUT2D eigenvalue weighted by molar-refractivity contribution is 9.10. The van der Waals surface area contributed by atoms with Crippen LogP contribution in [0.15, 0.2) is 0 Å². The van der Waals surface area contributed by atoms with Gasteiger partial charge in [-0.2, -0.15) is 0 Å². The lowest BCUT2D eigenvalue weighted by Gasteiger charge is -2.44. The Morgan fingerprint density at radius 3 is 2.79 bits per heavy atom. The van der Waals surface area contributed by atoms with Gasteiger partial charge in [-0.15, -0.1) is 0 Å². The van der Waals surface area contributed by atoms with Crippen LogP contribution in [0.5, 0.6) is 0 Å². The van der Waals surface area contributed by atoms with Gasteiger partial charge >= 0.3 is 6.03 Å². The van der Waals surface area contributed by atoms with Crippen molar-refractivity contribution in [2.75, 3.05) is 6.61 Å². The van der Waals surface area contributed by atoms with E-state index >= 15 is 0 Å². The van der Waals surface area contributed by atoms with E-state index < -0.39 is 35.0 Å². The molecule has 2 fully saturated rings. The number of nitrogens with zero attached hydrogens (tertiary/aromatic N) is 1. The first-order valence-electron chi connectivity index (χ1n) is 5.78. The van der Waals surface area contributed by atoms with Gasteiger partial charge in [0.2, 0.25) is 0 Å². The summed E-state index contributed by atoms with van der Waals surface area (Å²) in [6, 6.07) is -0.676. The van der Waals surface area contributed by atoms with E-state index in [0.717, 1.165) is 4.90 Å². The van der Waals surface area contributed by atoms with Gasteiger partial charge in [0.05, 0.1) is 12.7 Å². The van der Waals surface area contributed by atoms with Crippen LogP contribution in [-0.4, -0.2) is 67.7 Å². The summed E-state index contributed by atoms with van der Waals surface area (Å²) in [5.74, 6) is -0.154. The van der Waals surface area contributed by atoms with Gasteiger partial charge in [0, 0.05) is 6.42 Å². The van der Waals surface area contributed by atoms with Crippen molar-refractivity contribution >= 4 is 27.8 Å². The van der Waals surface area contributed by atoms with Gasteiger partial charge in [0.1, 0.15) is 22.5 Å². The highest BCUT2D eigenvalue weighted by Gasteiger charge is 2.51. The molecule has 9 heteroatoms. The fourth-order valence-electron chi connectivity index (χ4n) is 2.13. The summed E-state index contributed by atoms with van der Waals surface area (Å²) in [6.07, 6.45) is -3.77. The van der Waals surface area contributed by atoms with Gasteiger partial charge in [-0.1, -0.05) is 15.9 Å². The summed E-state index contributed by atoms with van der Waals surface area (Å²) >= 11 is 3.19. The highest BCUT2D eigenvalue weighted by atomic mass is 79.9. The van der Waals surface area contributed by atoms with E-state index in [1.54, 1.807) is 6.92 Å². The Morgan fingerprint density at radius 1 is 1.63 bits per heavy atom. The number of amides is 2. The van der Waals surface area contributed by atoms with Gasteiger partial charge in [-0.05, 0) is 6.92 Å². The fraction of sp³-hybridized carbons (Fsp3) is 0.800. The largest absolute Gasteiger partial charge is 0.394 e. The van der Waals surface area contributed by atoms with Crippen LogP contribution in [0.25, 0.3) is 0 Å². The smallest absolute Gasteiger partial charge is 0.326 e. The van der Waals surface area contributed by atoms with Crippen molar-refractivity contribution < 1.29 is 24.9 Å². The number of amidine groups is 1. The lowest BCUT2D eigenvalue weighted by molar-refractivity contribution is -0.115. The van der Waals surface area contributed by atoms with Gasteiger partial charge in [0.15, 0.2) is 6.23 Å². The molecule has 0 bridgehead atoms. The fourth-order valence-corrected chi connectivity index (χ4v) is 2.45. The maximum absolute atomic E-state index is 11.9. The van der Waals surface area contributed by atoms with E-state index in [1.807, 2.05) is 0 Å². The van der Waals surface area contributed by atoms with Crippen molar-refractivity contribution in [1.29, 1.82) is 5.41 Å². The maximum Gasteiger partial charge on any atom is 0.326 e. The molecule has 5 atom stereocenters. The minimum Gasteiger partial charge on any atom is -0.394 e. The van der Waals surface area contributed by atoms with E-state index in [9.17, 15) is 15.0 Å². The summed E-state index contributed by atoms with van der Waals surface area (Å²) in [5, 5.41) is 38.8. The molecule has 0 aromatic carbocycles. The number of aliphatic hydroxyl groups is 3. The molecule has 2 aliphatic rings. The second-order valence-electron chi connectivity index (χ2n) is 4.78. The number of hydrogen-bond donors (Lipinski definition) is 5. The monoisotopic (exact) mass is 337 g/mol. The molecule has 0 spiro atoms. The van der Waals surface area contributed by atoms with Crippen LogP contribution >= 0.6 is 15.9 Å². The van der Waals surface area contributed by atoms with Crippen molar-refractivity contribution in [3.05, 3.63) is 0 Å². The SMILES string of the molecule is C[C@@]1(Br)C(=N)NC(=O)N([C@H]2C[C@H](O)[C@@H](CO)O2)[C@H]1O. The Bertz CT molecular complexity index is 405. The Balaban J connectivity index is 2.20. The number of halogens is 1. The van der Waals surface area contributed by atoms with E-state index in [4.69, 9.17) is 15.3 Å². The summed E-state index contributed by atoms with van der Waals surface area (Å²) in [7, 11) is 0. The summed E-state index contributed by atoms with van der Waals surface area (Å²) < 4.78 is 4.20. The lowest BCUT2D eigenvalue weighted by Crippen LogP contribution is -2.68. The van der Waals surface area contributed by atoms with Crippen LogP contribution in [-0.2, 0) is 4.74 Å². The number of alkyl halides is 1. The first-order chi connectivity index (χ1) is 8.78. The zero-order valence-corrected chi connectivity index (χ0v) is 11.8. The molecule has 0 saturated carbocycles. The topological polar surface area (TPSA) is 126 Å². The van der Waals surface area contributed by atoms with E-state index in [-0.39, 0.29) is 18.9 Å². The average molecular weight is 338 g/mol. The van der Waals surface area contributed by atoms with Crippen LogP contribution in [0.3, 0.4) is 0 Å². The molecule has 2 heterocycles. The summed E-state index contributed by atoms with van der Waals surface area (Å²) in [5.41, 5.74) is 0. The molecule has 2 amide bonds. The second-order valence-corrected chi connectivity index (χ2v) is 6.42. The number of nitrogens with one attached hydrogen (secondary N) is 2. The van der Waals surface area contributed by atoms with Crippen molar-refractivity contribution in [2.24, 2.45) is 0 Å². The molecule has 19 heavy (non-hydrogen) atoms. The van der Waals surface area contributed by atoms with E-state index in [2.05, 4.69) is 21.2 Å². The molecule has 8 nitrogen and oxygen atoms in total. The Hall–Kier alpha value is -0.740. The first kappa shape index (κ1) is 14.7. The van der Waals surface area contributed by atoms with E-state index in [1.165, 1.54) is 0 Å². The van der Waals surface area contributed by atoms with Gasteiger partial charge in [-0.25, -0.2) is 4.79 Å². The van der Waals surface area contributed by atoms with Crippen LogP contribution in [0.4, 0.5) is 4.79 Å². The van der Waals surface area contributed by atoms with Crippen molar-refractivity contribution in [3.63, 3.8) is 0 Å². The quantitative estimate of drug-likeness (QED) is 0.410. The number of carbonyl (C=O) groups excluding carboxylic acids is 1. The number of carbonyl (C=O) groups is 1. The summed E-state index contributed by atoms with van der Waals surface area (Å²) in [6.45, 7) is 1.17. The minimum atomic E-state index is -1.32. The minimum absolute atomic E-state index is 0.0894. The number of ether oxygens (including phenoxy) is 1. The molecule has 0 aromatic rings. The molecule has 0 aromatic heterocycles. The molecule has 0 unspecified atom stereocenters. The van der Waals surface area contributed by atoms with Crippen molar-refractivity contribution in [3.8, 4) is 0 Å². The number of hydrogen-bond acceptors (Lipinski definition) is 6. The molecule has 2 rings (SSSR count). The predicted octanol–water partition coefficient (Wildman–Crippen LogP) is -1.07. The number of rotatable bonds is 2. The lowest BCUT2D eigenvalue weighted by atomic mass is 10.0. The Labute approximate surface area is 118 Å². The van der Waals surface area contributed by atoms with E-state index in [0.29, 0.717) is 0 Å². The average Bonchev–Trinajstić information content (AvgIpc) is 2.68. The third-order valence-electron chi connectivity index (χ3n) is 3.40. The van der Waals surface area contributed by atoms with Crippen molar-refractivity contribution in [1.82, 2.24) is 10.2 Å².